The zero-order valence-corrected chi connectivity index (χ0v) is 16.6. The summed E-state index contributed by atoms with van der Waals surface area (Å²) in [6.45, 7) is 5.91. The Balaban J connectivity index is 1.69. The Kier molecular flexibility index (Phi) is 5.31. The molecular formula is C22H19FN4OS. The van der Waals surface area contributed by atoms with Gasteiger partial charge in [0.25, 0.3) is 0 Å². The van der Waals surface area contributed by atoms with Crippen molar-refractivity contribution in [3.05, 3.63) is 75.9 Å². The van der Waals surface area contributed by atoms with Crippen LogP contribution in [0.2, 0.25) is 0 Å². The molecule has 5 nitrogen and oxygen atoms in total. The van der Waals surface area contributed by atoms with Gasteiger partial charge in [0.15, 0.2) is 0 Å². The van der Waals surface area contributed by atoms with Crippen LogP contribution in [0.4, 0.5) is 9.18 Å². The van der Waals surface area contributed by atoms with Crippen molar-refractivity contribution in [2.45, 2.75) is 25.4 Å². The molecule has 0 spiro atoms. The number of halogens is 1. The van der Waals surface area contributed by atoms with Gasteiger partial charge in [-0.15, -0.1) is 11.3 Å². The summed E-state index contributed by atoms with van der Waals surface area (Å²) in [6, 6.07) is 13.5. The Bertz CT molecular complexity index is 1090. The zero-order chi connectivity index (χ0) is 20.4. The number of rotatable bonds is 5. The average molecular weight is 406 g/mol. The number of amides is 2. The predicted molar refractivity (Wildman–Crippen MR) is 114 cm³/mol. The lowest BCUT2D eigenvalue weighted by atomic mass is 9.88. The lowest BCUT2D eigenvalue weighted by molar-refractivity contribution is 0.243. The highest BCUT2D eigenvalue weighted by atomic mass is 32.1. The van der Waals surface area contributed by atoms with Crippen LogP contribution in [0.5, 0.6) is 0 Å². The van der Waals surface area contributed by atoms with Crippen molar-refractivity contribution in [1.82, 2.24) is 10.3 Å². The molecule has 0 bridgehead atoms. The van der Waals surface area contributed by atoms with Gasteiger partial charge in [-0.1, -0.05) is 36.4 Å². The molecule has 2 aromatic carbocycles. The van der Waals surface area contributed by atoms with Crippen LogP contribution in [-0.2, 0) is 6.54 Å². The standard InChI is InChI=1S/C22H19FN4OS/c1-13-19(20(27-22(28)25-13)16-4-3-5-17(23)10-16)21-26-18(12-29-21)15-8-6-14(7-9-15)11-24-2/h3-10,12,19-20H,2,11H2,1H3,(H,27,28). The molecule has 29 heavy (non-hydrogen) atoms. The van der Waals surface area contributed by atoms with E-state index in [-0.39, 0.29) is 11.7 Å². The van der Waals surface area contributed by atoms with E-state index in [4.69, 9.17) is 4.98 Å². The number of hydrogen-bond acceptors (Lipinski definition) is 4. The van der Waals surface area contributed by atoms with E-state index in [1.54, 1.807) is 12.1 Å². The fraction of sp³-hybridized carbons (Fsp3) is 0.182. The van der Waals surface area contributed by atoms with Gasteiger partial charge < -0.3 is 5.32 Å². The van der Waals surface area contributed by atoms with Crippen LogP contribution in [0.3, 0.4) is 0 Å². The number of nitrogens with one attached hydrogen (secondary N) is 1. The van der Waals surface area contributed by atoms with Crippen LogP contribution in [-0.4, -0.2) is 23.4 Å². The fourth-order valence-corrected chi connectivity index (χ4v) is 4.52. The molecule has 1 aliphatic rings. The van der Waals surface area contributed by atoms with Gasteiger partial charge in [0.1, 0.15) is 10.8 Å². The summed E-state index contributed by atoms with van der Waals surface area (Å²) < 4.78 is 13.8. The van der Waals surface area contributed by atoms with Crippen LogP contribution in [0.25, 0.3) is 11.3 Å². The average Bonchev–Trinajstić information content (AvgIpc) is 3.18. The molecule has 0 aliphatic carbocycles. The summed E-state index contributed by atoms with van der Waals surface area (Å²) in [7, 11) is 0. The molecule has 0 fully saturated rings. The Morgan fingerprint density at radius 1 is 1.24 bits per heavy atom. The minimum absolute atomic E-state index is 0.252. The maximum Gasteiger partial charge on any atom is 0.341 e. The van der Waals surface area contributed by atoms with Gasteiger partial charge in [-0.3, -0.25) is 4.99 Å². The molecule has 0 saturated carbocycles. The predicted octanol–water partition coefficient (Wildman–Crippen LogP) is 5.16. The number of urea groups is 1. The van der Waals surface area contributed by atoms with Crippen LogP contribution >= 0.6 is 11.3 Å². The second-order valence-corrected chi connectivity index (χ2v) is 7.75. The van der Waals surface area contributed by atoms with Gasteiger partial charge in [-0.2, -0.15) is 0 Å². The minimum Gasteiger partial charge on any atom is -0.328 e. The number of nitrogens with zero attached hydrogens (tertiary/aromatic N) is 3. The van der Waals surface area contributed by atoms with Crippen LogP contribution < -0.4 is 5.32 Å². The molecule has 2 heterocycles. The van der Waals surface area contributed by atoms with E-state index in [1.165, 1.54) is 23.5 Å². The maximum atomic E-state index is 13.8. The zero-order valence-electron chi connectivity index (χ0n) is 15.8. The molecule has 1 aliphatic heterocycles. The maximum absolute atomic E-state index is 13.8. The topological polar surface area (TPSA) is 66.7 Å². The van der Waals surface area contributed by atoms with Crippen LogP contribution in [0.15, 0.2) is 63.9 Å². The van der Waals surface area contributed by atoms with Gasteiger partial charge in [-0.05, 0) is 36.9 Å². The Labute approximate surface area is 172 Å². The molecule has 2 amide bonds. The minimum atomic E-state index is -0.421. The third kappa shape index (κ3) is 4.00. The van der Waals surface area contributed by atoms with Crippen molar-refractivity contribution >= 4 is 29.8 Å². The second kappa shape index (κ2) is 8.05. The monoisotopic (exact) mass is 406 g/mol. The Morgan fingerprint density at radius 3 is 2.76 bits per heavy atom. The molecule has 2 atom stereocenters. The highest BCUT2D eigenvalue weighted by molar-refractivity contribution is 7.10. The first-order chi connectivity index (χ1) is 14.0. The number of thiazole rings is 1. The second-order valence-electron chi connectivity index (χ2n) is 6.86. The summed E-state index contributed by atoms with van der Waals surface area (Å²) in [5.74, 6) is -0.595. The smallest absolute Gasteiger partial charge is 0.328 e. The first-order valence-electron chi connectivity index (χ1n) is 9.13. The number of carbonyl (C=O) groups is 1. The number of carbonyl (C=O) groups excluding carboxylic acids is 1. The van der Waals surface area contributed by atoms with E-state index >= 15 is 0 Å². The van der Waals surface area contributed by atoms with E-state index in [0.717, 1.165) is 21.8 Å². The molecule has 7 heteroatoms. The highest BCUT2D eigenvalue weighted by Gasteiger charge is 2.35. The molecule has 1 N–H and O–H groups in total. The van der Waals surface area contributed by atoms with E-state index in [1.807, 2.05) is 36.6 Å². The molecular weight excluding hydrogens is 387 g/mol. The van der Waals surface area contributed by atoms with Gasteiger partial charge in [0.05, 0.1) is 24.2 Å². The first-order valence-corrected chi connectivity index (χ1v) is 10.0. The van der Waals surface area contributed by atoms with Gasteiger partial charge in [-0.25, -0.2) is 19.2 Å². The van der Waals surface area contributed by atoms with Crippen molar-refractivity contribution in [1.29, 1.82) is 0 Å². The third-order valence-electron chi connectivity index (χ3n) is 4.88. The lowest BCUT2D eigenvalue weighted by Gasteiger charge is -2.30. The summed E-state index contributed by atoms with van der Waals surface area (Å²) >= 11 is 1.51. The number of aliphatic imine (C=N–C) groups is 2. The van der Waals surface area contributed by atoms with Gasteiger partial charge >= 0.3 is 6.03 Å². The number of benzene rings is 2. The van der Waals surface area contributed by atoms with E-state index in [0.29, 0.717) is 17.8 Å². The molecule has 4 rings (SSSR count). The summed E-state index contributed by atoms with van der Waals surface area (Å²) in [5.41, 5.74) is 4.29. The number of hydrogen-bond donors (Lipinski definition) is 1. The summed E-state index contributed by atoms with van der Waals surface area (Å²) in [5, 5.41) is 5.68. The van der Waals surface area contributed by atoms with Crippen molar-refractivity contribution in [3.8, 4) is 11.3 Å². The van der Waals surface area contributed by atoms with E-state index in [9.17, 15) is 9.18 Å². The van der Waals surface area contributed by atoms with Crippen LogP contribution in [0.1, 0.15) is 35.0 Å². The van der Waals surface area contributed by atoms with Crippen molar-refractivity contribution in [2.75, 3.05) is 0 Å². The SMILES string of the molecule is C=NCc1ccc(-c2csc(C3C(C)=NC(=O)NC3c3cccc(F)c3)n2)cc1. The molecule has 3 aromatic rings. The largest absolute Gasteiger partial charge is 0.341 e. The van der Waals surface area contributed by atoms with Gasteiger partial charge in [0.2, 0.25) is 0 Å². The quantitative estimate of drug-likeness (QED) is 0.595. The Morgan fingerprint density at radius 2 is 2.03 bits per heavy atom. The van der Waals surface area contributed by atoms with E-state index in [2.05, 4.69) is 22.0 Å². The molecule has 0 saturated heterocycles. The van der Waals surface area contributed by atoms with Crippen molar-refractivity contribution < 1.29 is 9.18 Å². The fourth-order valence-electron chi connectivity index (χ4n) is 3.49. The van der Waals surface area contributed by atoms with Gasteiger partial charge in [0, 0.05) is 16.7 Å². The third-order valence-corrected chi connectivity index (χ3v) is 5.81. The van der Waals surface area contributed by atoms with Crippen LogP contribution in [0, 0.1) is 5.82 Å². The normalized spacial score (nSPS) is 18.8. The number of aromatic nitrogens is 1. The first kappa shape index (κ1) is 19.1. The summed E-state index contributed by atoms with van der Waals surface area (Å²) in [4.78, 5) is 24.8. The highest BCUT2D eigenvalue weighted by Crippen LogP contribution is 2.38. The molecule has 0 radical (unpaired) electrons. The molecule has 2 unspecified atom stereocenters. The van der Waals surface area contributed by atoms with Crippen molar-refractivity contribution in [2.24, 2.45) is 9.98 Å². The lowest BCUT2D eigenvalue weighted by Crippen LogP contribution is -2.38. The Hall–Kier alpha value is -3.19. The molecule has 146 valence electrons. The van der Waals surface area contributed by atoms with E-state index < -0.39 is 12.1 Å². The summed E-state index contributed by atoms with van der Waals surface area (Å²) in [6.07, 6.45) is 0. The molecule has 1 aromatic heterocycles. The van der Waals surface area contributed by atoms with Crippen molar-refractivity contribution in [3.63, 3.8) is 0 Å².